The predicted octanol–water partition coefficient (Wildman–Crippen LogP) is 2.29. The zero-order chi connectivity index (χ0) is 14.8. The summed E-state index contributed by atoms with van der Waals surface area (Å²) < 4.78 is 38.2. The fourth-order valence-electron chi connectivity index (χ4n) is 2.34. The van der Waals surface area contributed by atoms with E-state index in [1.165, 1.54) is 0 Å². The van der Waals surface area contributed by atoms with E-state index in [1.54, 1.807) is 18.2 Å². The van der Waals surface area contributed by atoms with Crippen molar-refractivity contribution >= 4 is 0 Å². The highest BCUT2D eigenvalue weighted by Gasteiger charge is 2.20. The smallest absolute Gasteiger partial charge is 0.161 e. The number of nitrogens with two attached hydrogens (primary N) is 1. The van der Waals surface area contributed by atoms with Crippen LogP contribution >= 0.6 is 0 Å². The Morgan fingerprint density at radius 2 is 1.76 bits per heavy atom. The molecule has 0 aromatic heterocycles. The van der Waals surface area contributed by atoms with Crippen molar-refractivity contribution in [3.63, 3.8) is 0 Å². The van der Waals surface area contributed by atoms with Gasteiger partial charge in [-0.1, -0.05) is 6.07 Å². The van der Waals surface area contributed by atoms with Crippen molar-refractivity contribution in [3.05, 3.63) is 59.2 Å². The lowest BCUT2D eigenvalue weighted by molar-refractivity contribution is 0.171. The first-order valence-corrected chi connectivity index (χ1v) is 6.49. The standard InChI is InChI=1S/C15H14F2N2O2/c16-10-2-3-12(17)11(8-10)15(19-18)9-1-4-13-14(7-9)21-6-5-20-13/h1-4,7-8,15,19H,5-6,18H2. The van der Waals surface area contributed by atoms with Gasteiger partial charge in [-0.3, -0.25) is 5.84 Å². The van der Waals surface area contributed by atoms with Crippen molar-refractivity contribution < 1.29 is 18.3 Å². The molecular formula is C15H14F2N2O2. The quantitative estimate of drug-likeness (QED) is 0.673. The van der Waals surface area contributed by atoms with Gasteiger partial charge in [0, 0.05) is 5.56 Å². The van der Waals surface area contributed by atoms with Crippen molar-refractivity contribution in [2.24, 2.45) is 5.84 Å². The van der Waals surface area contributed by atoms with Gasteiger partial charge in [-0.25, -0.2) is 14.2 Å². The van der Waals surface area contributed by atoms with E-state index in [2.05, 4.69) is 5.43 Å². The minimum atomic E-state index is -0.684. The van der Waals surface area contributed by atoms with Crippen molar-refractivity contribution in [3.8, 4) is 11.5 Å². The molecule has 0 spiro atoms. The molecular weight excluding hydrogens is 278 g/mol. The summed E-state index contributed by atoms with van der Waals surface area (Å²) in [5.41, 5.74) is 3.30. The number of hydrazine groups is 1. The van der Waals surface area contributed by atoms with Gasteiger partial charge in [-0.2, -0.15) is 0 Å². The molecule has 1 aliphatic heterocycles. The molecule has 0 aliphatic carbocycles. The highest BCUT2D eigenvalue weighted by atomic mass is 19.1. The minimum absolute atomic E-state index is 0.133. The van der Waals surface area contributed by atoms with Gasteiger partial charge in [0.25, 0.3) is 0 Å². The van der Waals surface area contributed by atoms with Gasteiger partial charge in [-0.15, -0.1) is 0 Å². The van der Waals surface area contributed by atoms with Crippen LogP contribution in [0.1, 0.15) is 17.2 Å². The van der Waals surface area contributed by atoms with Gasteiger partial charge in [0.05, 0.1) is 6.04 Å². The number of halogens is 2. The average Bonchev–Trinajstić information content (AvgIpc) is 2.51. The molecule has 1 heterocycles. The second kappa shape index (κ2) is 5.67. The first-order valence-electron chi connectivity index (χ1n) is 6.49. The van der Waals surface area contributed by atoms with Crippen LogP contribution in [-0.4, -0.2) is 13.2 Å². The molecule has 0 bridgehead atoms. The maximum atomic E-state index is 13.9. The van der Waals surface area contributed by atoms with Crippen LogP contribution in [0.25, 0.3) is 0 Å². The molecule has 0 amide bonds. The number of benzene rings is 2. The zero-order valence-electron chi connectivity index (χ0n) is 11.1. The Labute approximate surface area is 120 Å². The molecule has 0 radical (unpaired) electrons. The van der Waals surface area contributed by atoms with E-state index in [0.717, 1.165) is 18.2 Å². The molecule has 1 atom stereocenters. The predicted molar refractivity (Wildman–Crippen MR) is 73.0 cm³/mol. The van der Waals surface area contributed by atoms with E-state index in [0.29, 0.717) is 30.3 Å². The van der Waals surface area contributed by atoms with Gasteiger partial charge >= 0.3 is 0 Å². The largest absolute Gasteiger partial charge is 0.486 e. The topological polar surface area (TPSA) is 56.5 Å². The first-order chi connectivity index (χ1) is 10.2. The zero-order valence-corrected chi connectivity index (χ0v) is 11.1. The third-order valence-electron chi connectivity index (χ3n) is 3.34. The van der Waals surface area contributed by atoms with Crippen LogP contribution in [-0.2, 0) is 0 Å². The van der Waals surface area contributed by atoms with Crippen LogP contribution in [0.5, 0.6) is 11.5 Å². The summed E-state index contributed by atoms with van der Waals surface area (Å²) in [4.78, 5) is 0. The maximum Gasteiger partial charge on any atom is 0.161 e. The number of nitrogens with one attached hydrogen (secondary N) is 1. The summed E-state index contributed by atoms with van der Waals surface area (Å²) in [5, 5.41) is 0. The minimum Gasteiger partial charge on any atom is -0.486 e. The lowest BCUT2D eigenvalue weighted by Gasteiger charge is -2.22. The molecule has 6 heteroatoms. The number of ether oxygens (including phenoxy) is 2. The van der Waals surface area contributed by atoms with Gasteiger partial charge < -0.3 is 9.47 Å². The fraction of sp³-hybridized carbons (Fsp3) is 0.200. The van der Waals surface area contributed by atoms with E-state index in [9.17, 15) is 8.78 Å². The monoisotopic (exact) mass is 292 g/mol. The number of hydrogen-bond acceptors (Lipinski definition) is 4. The van der Waals surface area contributed by atoms with Crippen molar-refractivity contribution in [2.45, 2.75) is 6.04 Å². The summed E-state index contributed by atoms with van der Waals surface area (Å²) in [6, 6.07) is 7.76. The van der Waals surface area contributed by atoms with E-state index >= 15 is 0 Å². The number of fused-ring (bicyclic) bond motifs is 1. The molecule has 21 heavy (non-hydrogen) atoms. The van der Waals surface area contributed by atoms with Crippen LogP contribution < -0.4 is 20.7 Å². The molecule has 2 aromatic carbocycles. The van der Waals surface area contributed by atoms with Crippen LogP contribution in [0.4, 0.5) is 8.78 Å². The second-order valence-electron chi connectivity index (χ2n) is 4.67. The molecule has 1 aliphatic rings. The van der Waals surface area contributed by atoms with Crippen molar-refractivity contribution in [2.75, 3.05) is 13.2 Å². The third kappa shape index (κ3) is 2.68. The number of rotatable bonds is 3. The van der Waals surface area contributed by atoms with Crippen molar-refractivity contribution in [1.82, 2.24) is 5.43 Å². The first kappa shape index (κ1) is 13.8. The molecule has 3 N–H and O–H groups in total. The number of hydrogen-bond donors (Lipinski definition) is 2. The van der Waals surface area contributed by atoms with Gasteiger partial charge in [0.1, 0.15) is 24.8 Å². The normalized spacial score (nSPS) is 14.8. The molecule has 3 rings (SSSR count). The van der Waals surface area contributed by atoms with Crippen LogP contribution in [0.15, 0.2) is 36.4 Å². The summed E-state index contributed by atoms with van der Waals surface area (Å²) in [7, 11) is 0. The van der Waals surface area contributed by atoms with Gasteiger partial charge in [0.15, 0.2) is 11.5 Å². The van der Waals surface area contributed by atoms with Crippen molar-refractivity contribution in [1.29, 1.82) is 0 Å². The van der Waals surface area contributed by atoms with Crippen LogP contribution in [0, 0.1) is 11.6 Å². The van der Waals surface area contributed by atoms with Crippen LogP contribution in [0.2, 0.25) is 0 Å². The lowest BCUT2D eigenvalue weighted by atomic mass is 9.98. The molecule has 0 fully saturated rings. The second-order valence-corrected chi connectivity index (χ2v) is 4.67. The SMILES string of the molecule is NNC(c1ccc2c(c1)OCCO2)c1cc(F)ccc1F. The lowest BCUT2D eigenvalue weighted by Crippen LogP contribution is -2.29. The Hall–Kier alpha value is -2.18. The molecule has 110 valence electrons. The molecule has 0 saturated carbocycles. The molecule has 4 nitrogen and oxygen atoms in total. The highest BCUT2D eigenvalue weighted by molar-refractivity contribution is 5.46. The van der Waals surface area contributed by atoms with E-state index < -0.39 is 17.7 Å². The Morgan fingerprint density at radius 3 is 2.52 bits per heavy atom. The summed E-state index contributed by atoms with van der Waals surface area (Å²) in [5.74, 6) is 5.65. The molecule has 0 saturated heterocycles. The Morgan fingerprint density at radius 1 is 1.00 bits per heavy atom. The van der Waals surface area contributed by atoms with E-state index in [-0.39, 0.29) is 5.56 Å². The van der Waals surface area contributed by atoms with Crippen LogP contribution in [0.3, 0.4) is 0 Å². The Bertz CT molecular complexity index is 664. The molecule has 2 aromatic rings. The Kier molecular flexibility index (Phi) is 3.72. The summed E-state index contributed by atoms with van der Waals surface area (Å²) in [6.07, 6.45) is 0. The average molecular weight is 292 g/mol. The summed E-state index contributed by atoms with van der Waals surface area (Å²) >= 11 is 0. The van der Waals surface area contributed by atoms with E-state index in [4.69, 9.17) is 15.3 Å². The maximum absolute atomic E-state index is 13.9. The van der Waals surface area contributed by atoms with Gasteiger partial charge in [0.2, 0.25) is 0 Å². The van der Waals surface area contributed by atoms with E-state index in [1.807, 2.05) is 0 Å². The summed E-state index contributed by atoms with van der Waals surface area (Å²) in [6.45, 7) is 0.939. The highest BCUT2D eigenvalue weighted by Crippen LogP contribution is 2.34. The molecule has 1 unspecified atom stereocenters. The van der Waals surface area contributed by atoms with Gasteiger partial charge in [-0.05, 0) is 35.9 Å². The Balaban J connectivity index is 2.01. The fourth-order valence-corrected chi connectivity index (χ4v) is 2.34. The third-order valence-corrected chi connectivity index (χ3v) is 3.34.